The fraction of sp³-hybridized carbons (Fsp3) is 0.294. The lowest BCUT2D eigenvalue weighted by atomic mass is 10.1. The highest BCUT2D eigenvalue weighted by molar-refractivity contribution is 7.79. The van der Waals surface area contributed by atoms with Crippen LogP contribution in [0, 0.1) is 0 Å². The SMILES string of the molecule is c1ccc(OP2(Oc3ccc(CCOCC4CO4)cc3)=NP(Oc3ccccc3)(Oc3ccc(CCOCC4CO4)cc3)=NP(Oc3ccccc3)(Oc3ccc(CCOCC4CO4)cc3)=N2)cc1. The van der Waals surface area contributed by atoms with E-state index in [-0.39, 0.29) is 18.3 Å². The van der Waals surface area contributed by atoms with Gasteiger partial charge in [0.1, 0.15) is 52.8 Å². The summed E-state index contributed by atoms with van der Waals surface area (Å²) in [5.74, 6) is 2.59. The minimum absolute atomic E-state index is 0.198. The maximum absolute atomic E-state index is 7.06. The van der Waals surface area contributed by atoms with Gasteiger partial charge in [-0.2, -0.15) is 0 Å². The smallest absolute Gasteiger partial charge is 0.413 e. The molecule has 4 aliphatic rings. The normalized spacial score (nSPS) is 24.1. The zero-order valence-electron chi connectivity index (χ0n) is 37.9. The van der Waals surface area contributed by atoms with Crippen LogP contribution < -0.4 is 27.1 Å². The van der Waals surface area contributed by atoms with Gasteiger partial charge in [-0.15, -0.1) is 0 Å². The number of ether oxygens (including phenoxy) is 6. The van der Waals surface area contributed by atoms with E-state index < -0.39 is 23.0 Å². The minimum atomic E-state index is -4.07. The molecule has 0 saturated carbocycles. The summed E-state index contributed by atoms with van der Waals surface area (Å²) in [6.07, 6.45) is 2.69. The third-order valence-corrected chi connectivity index (χ3v) is 18.9. The predicted molar refractivity (Wildman–Crippen MR) is 263 cm³/mol. The van der Waals surface area contributed by atoms with Gasteiger partial charge in [-0.3, -0.25) is 0 Å². The molecule has 15 nitrogen and oxygen atoms in total. The summed E-state index contributed by atoms with van der Waals surface area (Å²) in [6, 6.07) is 50.9. The highest BCUT2D eigenvalue weighted by atomic mass is 31.3. The molecule has 3 unspecified atom stereocenters. The van der Waals surface area contributed by atoms with Crippen molar-refractivity contribution in [1.82, 2.24) is 0 Å². The Bertz CT molecular complexity index is 2420. The van der Waals surface area contributed by atoms with Crippen LogP contribution in [0.4, 0.5) is 0 Å². The molecule has 0 aliphatic carbocycles. The van der Waals surface area contributed by atoms with E-state index in [1.54, 1.807) is 0 Å². The zero-order chi connectivity index (χ0) is 46.6. The average Bonchev–Trinajstić information content (AvgIpc) is 4.21. The van der Waals surface area contributed by atoms with E-state index in [9.17, 15) is 0 Å². The standard InChI is InChI=1S/C51H54N3O12P3/c1-4-10-43(11-5-1)61-67(64-46-22-16-40(17-23-46)28-31-55-34-49-37-58-49)52-68(62-44-12-6-2-7-13-44,65-47-24-18-41(19-25-47)29-32-56-35-50-38-59-50)54-69(53-67,63-45-14-8-3-9-15-45)66-48-26-20-42(21-27-48)30-33-57-36-51-39-60-51/h1-27,49-51H,28-39H2. The molecule has 0 N–H and O–H groups in total. The average molecular weight is 994 g/mol. The van der Waals surface area contributed by atoms with Crippen molar-refractivity contribution in [1.29, 1.82) is 0 Å². The van der Waals surface area contributed by atoms with Gasteiger partial charge in [-0.25, -0.2) is 0 Å². The largest absolute Gasteiger partial charge is 0.460 e. The molecule has 3 fully saturated rings. The van der Waals surface area contributed by atoms with Crippen LogP contribution in [0.2, 0.25) is 0 Å². The van der Waals surface area contributed by atoms with Crippen molar-refractivity contribution in [2.75, 3.05) is 59.5 Å². The highest BCUT2D eigenvalue weighted by Crippen LogP contribution is 2.78. The third-order valence-electron chi connectivity index (χ3n) is 10.7. The van der Waals surface area contributed by atoms with Gasteiger partial charge >= 0.3 is 23.0 Å². The Morgan fingerprint density at radius 1 is 0.333 bits per heavy atom. The number of hydrogen-bond donors (Lipinski definition) is 0. The fourth-order valence-electron chi connectivity index (χ4n) is 6.88. The summed E-state index contributed by atoms with van der Waals surface area (Å²) in [5.41, 5.74) is 3.16. The van der Waals surface area contributed by atoms with Crippen LogP contribution in [0.15, 0.2) is 177 Å². The van der Waals surface area contributed by atoms with Crippen LogP contribution in [0.3, 0.4) is 0 Å². The molecule has 0 amide bonds. The Morgan fingerprint density at radius 3 is 0.797 bits per heavy atom. The van der Waals surface area contributed by atoms with E-state index in [1.807, 2.05) is 164 Å². The third kappa shape index (κ3) is 14.3. The molecule has 3 atom stereocenters. The van der Waals surface area contributed by atoms with E-state index in [2.05, 4.69) is 0 Å². The molecule has 6 aromatic rings. The number of nitrogens with zero attached hydrogens (tertiary/aromatic N) is 3. The molecule has 10 rings (SSSR count). The van der Waals surface area contributed by atoms with Crippen molar-refractivity contribution in [3.8, 4) is 34.5 Å². The second kappa shape index (κ2) is 22.5. The van der Waals surface area contributed by atoms with Gasteiger partial charge < -0.3 is 55.6 Å². The molecule has 0 aromatic heterocycles. The summed E-state index contributed by atoms with van der Waals surface area (Å²) in [4.78, 5) is 0. The number of benzene rings is 6. The van der Waals surface area contributed by atoms with Crippen molar-refractivity contribution in [2.24, 2.45) is 13.5 Å². The maximum atomic E-state index is 7.06. The van der Waals surface area contributed by atoms with Gasteiger partial charge in [-0.05, 0) is 109 Å². The van der Waals surface area contributed by atoms with Gasteiger partial charge in [0.15, 0.2) is 0 Å². The first kappa shape index (κ1) is 47.3. The summed E-state index contributed by atoms with van der Waals surface area (Å²) in [5, 5.41) is 0. The molecule has 69 heavy (non-hydrogen) atoms. The Morgan fingerprint density at radius 2 is 0.565 bits per heavy atom. The molecule has 4 aliphatic heterocycles. The van der Waals surface area contributed by atoms with Crippen molar-refractivity contribution >= 4 is 23.0 Å². The first-order chi connectivity index (χ1) is 33.9. The van der Waals surface area contributed by atoms with Gasteiger partial charge in [0.2, 0.25) is 0 Å². The molecule has 6 aromatic carbocycles. The Balaban J connectivity index is 1.08. The fourth-order valence-corrected chi connectivity index (χ4v) is 15.9. The van der Waals surface area contributed by atoms with Crippen LogP contribution in [0.5, 0.6) is 34.5 Å². The van der Waals surface area contributed by atoms with Crippen molar-refractivity contribution in [2.45, 2.75) is 37.6 Å². The first-order valence-corrected chi connectivity index (χ1v) is 27.6. The molecule has 4 heterocycles. The number of para-hydroxylation sites is 3. The van der Waals surface area contributed by atoms with E-state index in [0.717, 1.165) is 36.5 Å². The van der Waals surface area contributed by atoms with Crippen LogP contribution in [-0.4, -0.2) is 77.8 Å². The molecular weight excluding hydrogens is 939 g/mol. The second-order valence-corrected chi connectivity index (χ2v) is 22.7. The second-order valence-electron chi connectivity index (χ2n) is 16.5. The summed E-state index contributed by atoms with van der Waals surface area (Å²) in [7, 11) is -12.2. The molecule has 3 saturated heterocycles. The number of rotatable bonds is 27. The van der Waals surface area contributed by atoms with E-state index >= 15 is 0 Å². The molecular formula is C51H54N3O12P3. The molecule has 18 heteroatoms. The lowest BCUT2D eigenvalue weighted by Crippen LogP contribution is -2.11. The quantitative estimate of drug-likeness (QED) is 0.0274. The van der Waals surface area contributed by atoms with Gasteiger partial charge in [0.05, 0.1) is 59.5 Å². The number of hydrogen-bond acceptors (Lipinski definition) is 15. The van der Waals surface area contributed by atoms with Gasteiger partial charge in [0, 0.05) is 0 Å². The number of epoxide rings is 3. The predicted octanol–water partition coefficient (Wildman–Crippen LogP) is 12.2. The summed E-state index contributed by atoms with van der Waals surface area (Å²) < 4.78 is 91.7. The monoisotopic (exact) mass is 993 g/mol. The minimum Gasteiger partial charge on any atom is -0.413 e. The topological polar surface area (TPSA) is 158 Å². The van der Waals surface area contributed by atoms with Crippen LogP contribution in [-0.2, 0) is 47.7 Å². The molecule has 0 spiro atoms. The van der Waals surface area contributed by atoms with E-state index in [0.29, 0.717) is 93.4 Å². The molecule has 0 bridgehead atoms. The van der Waals surface area contributed by atoms with Crippen LogP contribution in [0.1, 0.15) is 16.7 Å². The van der Waals surface area contributed by atoms with Crippen molar-refractivity contribution in [3.63, 3.8) is 0 Å². The lowest BCUT2D eigenvalue weighted by Gasteiger charge is -2.33. The van der Waals surface area contributed by atoms with E-state index in [4.69, 9.17) is 69.1 Å². The van der Waals surface area contributed by atoms with Crippen molar-refractivity contribution < 1.29 is 55.6 Å². The molecule has 0 radical (unpaired) electrons. The van der Waals surface area contributed by atoms with Crippen LogP contribution >= 0.6 is 23.0 Å². The summed E-state index contributed by atoms with van der Waals surface area (Å²) >= 11 is 0. The van der Waals surface area contributed by atoms with Gasteiger partial charge in [-0.1, -0.05) is 105 Å². The van der Waals surface area contributed by atoms with Gasteiger partial charge in [0.25, 0.3) is 0 Å². The first-order valence-electron chi connectivity index (χ1n) is 23.0. The van der Waals surface area contributed by atoms with Crippen molar-refractivity contribution in [3.05, 3.63) is 180 Å². The highest BCUT2D eigenvalue weighted by Gasteiger charge is 2.49. The Kier molecular flexibility index (Phi) is 15.4. The van der Waals surface area contributed by atoms with E-state index in [1.165, 1.54) is 0 Å². The maximum Gasteiger partial charge on any atom is 0.460 e. The zero-order valence-corrected chi connectivity index (χ0v) is 40.6. The lowest BCUT2D eigenvalue weighted by molar-refractivity contribution is 0.119. The Hall–Kier alpha value is -5.43. The Labute approximate surface area is 402 Å². The molecule has 360 valence electrons. The van der Waals surface area contributed by atoms with Crippen LogP contribution in [0.25, 0.3) is 0 Å². The summed E-state index contributed by atoms with van der Waals surface area (Å²) in [6.45, 7) is 5.66.